The SMILES string of the molecule is CC(=O)[C@](C)(CO)CCc1ccc(C)c(/C=C/c2cccc(-c3ccccc3)c2F)c1. The number of aliphatic hydroxyl groups excluding tert-OH is 1. The Hall–Kier alpha value is -3.04. The summed E-state index contributed by atoms with van der Waals surface area (Å²) >= 11 is 0. The fourth-order valence-corrected chi connectivity index (χ4v) is 3.51. The van der Waals surface area contributed by atoms with Crippen LogP contribution in [0.15, 0.2) is 66.7 Å². The van der Waals surface area contributed by atoms with Gasteiger partial charge in [-0.2, -0.15) is 0 Å². The van der Waals surface area contributed by atoms with Gasteiger partial charge in [0, 0.05) is 16.5 Å². The molecule has 0 spiro atoms. The van der Waals surface area contributed by atoms with Crippen LogP contribution in [0.2, 0.25) is 0 Å². The van der Waals surface area contributed by atoms with Crippen molar-refractivity contribution in [1.82, 2.24) is 0 Å². The van der Waals surface area contributed by atoms with Gasteiger partial charge in [-0.25, -0.2) is 4.39 Å². The Morgan fingerprint density at radius 2 is 1.71 bits per heavy atom. The largest absolute Gasteiger partial charge is 0.395 e. The molecule has 1 N–H and O–H groups in total. The molecule has 0 saturated carbocycles. The van der Waals surface area contributed by atoms with Crippen molar-refractivity contribution in [2.75, 3.05) is 6.61 Å². The average Bonchev–Trinajstić information content (AvgIpc) is 2.78. The highest BCUT2D eigenvalue weighted by molar-refractivity contribution is 5.82. The van der Waals surface area contributed by atoms with Crippen LogP contribution in [0.5, 0.6) is 0 Å². The van der Waals surface area contributed by atoms with E-state index in [4.69, 9.17) is 0 Å². The minimum Gasteiger partial charge on any atom is -0.395 e. The minimum absolute atomic E-state index is 0.00370. The molecule has 3 heteroatoms. The summed E-state index contributed by atoms with van der Waals surface area (Å²) in [6.07, 6.45) is 5.01. The smallest absolute Gasteiger partial charge is 0.138 e. The van der Waals surface area contributed by atoms with Crippen molar-refractivity contribution >= 4 is 17.9 Å². The van der Waals surface area contributed by atoms with E-state index >= 15 is 4.39 Å². The summed E-state index contributed by atoms with van der Waals surface area (Å²) in [5.74, 6) is -0.241. The molecular weight excluding hydrogens is 387 g/mol. The van der Waals surface area contributed by atoms with Crippen LogP contribution in [0.3, 0.4) is 0 Å². The molecule has 0 aliphatic heterocycles. The lowest BCUT2D eigenvalue weighted by atomic mass is 9.81. The van der Waals surface area contributed by atoms with E-state index in [0.29, 0.717) is 24.0 Å². The third-order valence-electron chi connectivity index (χ3n) is 6.06. The maximum Gasteiger partial charge on any atom is 0.138 e. The van der Waals surface area contributed by atoms with Crippen molar-refractivity contribution in [2.45, 2.75) is 33.6 Å². The summed E-state index contributed by atoms with van der Waals surface area (Å²) in [5, 5.41) is 9.61. The van der Waals surface area contributed by atoms with Crippen LogP contribution in [0, 0.1) is 18.2 Å². The summed E-state index contributed by atoms with van der Waals surface area (Å²) in [4.78, 5) is 11.9. The Morgan fingerprint density at radius 3 is 2.39 bits per heavy atom. The monoisotopic (exact) mass is 416 g/mol. The lowest BCUT2D eigenvalue weighted by Gasteiger charge is -2.24. The molecule has 31 heavy (non-hydrogen) atoms. The number of halogens is 1. The van der Waals surface area contributed by atoms with E-state index in [9.17, 15) is 9.90 Å². The normalized spacial score (nSPS) is 13.3. The summed E-state index contributed by atoms with van der Waals surface area (Å²) < 4.78 is 15.1. The molecule has 0 bridgehead atoms. The van der Waals surface area contributed by atoms with E-state index in [2.05, 4.69) is 6.07 Å². The standard InChI is InChI=1S/C28H29FO2/c1-20-12-13-22(16-17-28(3,19-30)21(2)31)18-25(20)15-14-24-10-7-11-26(27(24)29)23-8-5-4-6-9-23/h4-15,18,30H,16-17,19H2,1-3H3/b15-14+/t28-/m0/s1. The van der Waals surface area contributed by atoms with Gasteiger partial charge >= 0.3 is 0 Å². The van der Waals surface area contributed by atoms with Crippen molar-refractivity contribution in [3.63, 3.8) is 0 Å². The molecule has 0 unspecified atom stereocenters. The van der Waals surface area contributed by atoms with Gasteiger partial charge in [-0.15, -0.1) is 0 Å². The molecule has 0 aromatic heterocycles. The van der Waals surface area contributed by atoms with E-state index in [-0.39, 0.29) is 18.2 Å². The molecule has 3 aromatic carbocycles. The number of carbonyl (C=O) groups excluding carboxylic acids is 1. The first kappa shape index (κ1) is 22.6. The first-order chi connectivity index (χ1) is 14.8. The molecule has 2 nitrogen and oxygen atoms in total. The van der Waals surface area contributed by atoms with Crippen LogP contribution in [-0.4, -0.2) is 17.5 Å². The van der Waals surface area contributed by atoms with Gasteiger partial charge in [-0.05, 0) is 48.9 Å². The zero-order valence-electron chi connectivity index (χ0n) is 18.4. The zero-order chi connectivity index (χ0) is 22.4. The average molecular weight is 417 g/mol. The van der Waals surface area contributed by atoms with E-state index in [1.165, 1.54) is 6.92 Å². The molecule has 1 atom stereocenters. The van der Waals surface area contributed by atoms with Crippen LogP contribution in [-0.2, 0) is 11.2 Å². The molecule has 3 aromatic rings. The third kappa shape index (κ3) is 5.36. The van der Waals surface area contributed by atoms with Crippen LogP contribution in [0.25, 0.3) is 23.3 Å². The predicted molar refractivity (Wildman–Crippen MR) is 126 cm³/mol. The van der Waals surface area contributed by atoms with Crippen LogP contribution in [0.1, 0.15) is 42.5 Å². The first-order valence-corrected chi connectivity index (χ1v) is 10.6. The Bertz CT molecular complexity index is 1090. The van der Waals surface area contributed by atoms with E-state index in [1.54, 1.807) is 25.1 Å². The summed E-state index contributed by atoms with van der Waals surface area (Å²) in [5.41, 5.74) is 4.44. The van der Waals surface area contributed by atoms with Crippen LogP contribution in [0.4, 0.5) is 4.39 Å². The molecule has 0 aliphatic rings. The quantitative estimate of drug-likeness (QED) is 0.426. The van der Waals surface area contributed by atoms with Crippen molar-refractivity contribution in [1.29, 1.82) is 0 Å². The second kappa shape index (κ2) is 9.84. The van der Waals surface area contributed by atoms with E-state index in [1.807, 2.05) is 61.5 Å². The van der Waals surface area contributed by atoms with Gasteiger partial charge in [0.05, 0.1) is 6.61 Å². The van der Waals surface area contributed by atoms with Crippen molar-refractivity contribution in [3.05, 3.63) is 94.8 Å². The van der Waals surface area contributed by atoms with Crippen molar-refractivity contribution in [2.24, 2.45) is 5.41 Å². The van der Waals surface area contributed by atoms with Crippen molar-refractivity contribution < 1.29 is 14.3 Å². The highest BCUT2D eigenvalue weighted by Crippen LogP contribution is 2.27. The second-order valence-corrected chi connectivity index (χ2v) is 8.37. The van der Waals surface area contributed by atoms with Crippen LogP contribution >= 0.6 is 0 Å². The lowest BCUT2D eigenvalue weighted by molar-refractivity contribution is -0.128. The molecule has 0 amide bonds. The number of ketones is 1. The van der Waals surface area contributed by atoms with Gasteiger partial charge in [0.25, 0.3) is 0 Å². The highest BCUT2D eigenvalue weighted by atomic mass is 19.1. The van der Waals surface area contributed by atoms with Gasteiger partial charge in [0.15, 0.2) is 0 Å². The molecule has 0 aliphatic carbocycles. The maximum absolute atomic E-state index is 15.1. The van der Waals surface area contributed by atoms with Crippen LogP contribution < -0.4 is 0 Å². The molecule has 0 saturated heterocycles. The Labute approximate surface area is 184 Å². The first-order valence-electron chi connectivity index (χ1n) is 10.6. The Balaban J connectivity index is 1.83. The molecule has 0 fully saturated rings. The Morgan fingerprint density at radius 1 is 1.00 bits per heavy atom. The van der Waals surface area contributed by atoms with Gasteiger partial charge in [0.1, 0.15) is 11.6 Å². The van der Waals surface area contributed by atoms with Gasteiger partial charge in [-0.3, -0.25) is 4.79 Å². The van der Waals surface area contributed by atoms with E-state index < -0.39 is 5.41 Å². The number of Topliss-reactive ketones (excluding diaryl/α,β-unsaturated/α-hetero) is 1. The maximum atomic E-state index is 15.1. The predicted octanol–water partition coefficient (Wildman–Crippen LogP) is 6.49. The number of aryl methyl sites for hydroxylation is 2. The summed E-state index contributed by atoms with van der Waals surface area (Å²) in [6.45, 7) is 5.19. The topological polar surface area (TPSA) is 37.3 Å². The van der Waals surface area contributed by atoms with Gasteiger partial charge in [-0.1, -0.05) is 85.8 Å². The van der Waals surface area contributed by atoms with Gasteiger partial charge in [0.2, 0.25) is 0 Å². The number of hydrogen-bond acceptors (Lipinski definition) is 2. The van der Waals surface area contributed by atoms with Gasteiger partial charge < -0.3 is 5.11 Å². The molecule has 0 radical (unpaired) electrons. The summed E-state index contributed by atoms with van der Waals surface area (Å²) in [6, 6.07) is 21.1. The molecule has 160 valence electrons. The zero-order valence-corrected chi connectivity index (χ0v) is 18.4. The second-order valence-electron chi connectivity index (χ2n) is 8.37. The fraction of sp³-hybridized carbons (Fsp3) is 0.250. The fourth-order valence-electron chi connectivity index (χ4n) is 3.51. The Kier molecular flexibility index (Phi) is 7.19. The number of hydrogen-bond donors (Lipinski definition) is 1. The third-order valence-corrected chi connectivity index (χ3v) is 6.06. The number of aliphatic hydroxyl groups is 1. The number of rotatable bonds is 8. The number of benzene rings is 3. The molecular formula is C28H29FO2. The minimum atomic E-state index is -0.720. The highest BCUT2D eigenvalue weighted by Gasteiger charge is 2.28. The van der Waals surface area contributed by atoms with Crippen molar-refractivity contribution in [3.8, 4) is 11.1 Å². The summed E-state index contributed by atoms with van der Waals surface area (Å²) in [7, 11) is 0. The lowest BCUT2D eigenvalue weighted by Crippen LogP contribution is -2.30. The molecule has 0 heterocycles. The molecule has 3 rings (SSSR count). The number of carbonyl (C=O) groups is 1. The van der Waals surface area contributed by atoms with E-state index in [0.717, 1.165) is 22.3 Å².